The van der Waals surface area contributed by atoms with E-state index in [4.69, 9.17) is 4.74 Å². The summed E-state index contributed by atoms with van der Waals surface area (Å²) in [7, 11) is 1.68. The van der Waals surface area contributed by atoms with Gasteiger partial charge >= 0.3 is 12.0 Å². The van der Waals surface area contributed by atoms with Crippen molar-refractivity contribution in [2.45, 2.75) is 26.8 Å². The molecule has 0 aliphatic carbocycles. The fourth-order valence-corrected chi connectivity index (χ4v) is 2.54. The van der Waals surface area contributed by atoms with Gasteiger partial charge in [0.15, 0.2) is 5.69 Å². The van der Waals surface area contributed by atoms with Crippen LogP contribution in [0.5, 0.6) is 5.75 Å². The van der Waals surface area contributed by atoms with Crippen LogP contribution in [0.3, 0.4) is 0 Å². The largest absolute Gasteiger partial charge is 0.422 e. The van der Waals surface area contributed by atoms with Gasteiger partial charge in [-0.05, 0) is 62.7 Å². The zero-order valence-electron chi connectivity index (χ0n) is 15.8. The number of carbonyl (C=O) groups is 2. The number of urea groups is 1. The van der Waals surface area contributed by atoms with Crippen molar-refractivity contribution >= 4 is 23.3 Å². The van der Waals surface area contributed by atoms with Crippen LogP contribution in [-0.2, 0) is 0 Å². The van der Waals surface area contributed by atoms with Crippen LogP contribution in [0.15, 0.2) is 48.8 Å². The Morgan fingerprint density at radius 2 is 1.89 bits per heavy atom. The number of imidazole rings is 1. The van der Waals surface area contributed by atoms with Gasteiger partial charge in [-0.2, -0.15) is 0 Å². The molecule has 0 atom stereocenters. The zero-order chi connectivity index (χ0) is 19.6. The number of anilines is 1. The molecule has 0 aliphatic rings. The lowest BCUT2D eigenvalue weighted by Gasteiger charge is -2.19. The van der Waals surface area contributed by atoms with E-state index in [0.717, 1.165) is 5.56 Å². The van der Waals surface area contributed by atoms with Crippen LogP contribution in [0, 0.1) is 6.92 Å². The number of fused-ring (bicyclic) bond motifs is 1. The second-order valence-electron chi connectivity index (χ2n) is 6.64. The summed E-state index contributed by atoms with van der Waals surface area (Å²) in [5.74, 6) is -0.148. The van der Waals surface area contributed by atoms with Crippen LogP contribution in [-0.4, -0.2) is 34.5 Å². The minimum absolute atomic E-state index is 0.0504. The molecule has 0 bridgehead atoms. The SMILES string of the molecule is Cc1ccn2cc(C(=O)Oc3ccc(N(C)C(=O)NC(C)C)cc3)nc2c1. The zero-order valence-corrected chi connectivity index (χ0v) is 15.8. The highest BCUT2D eigenvalue weighted by Crippen LogP contribution is 2.20. The summed E-state index contributed by atoms with van der Waals surface area (Å²) in [6, 6.07) is 10.4. The molecular weight excluding hydrogens is 344 g/mol. The maximum atomic E-state index is 12.3. The molecule has 3 aromatic rings. The van der Waals surface area contributed by atoms with E-state index in [-0.39, 0.29) is 17.8 Å². The van der Waals surface area contributed by atoms with E-state index in [1.165, 1.54) is 4.90 Å². The molecule has 140 valence electrons. The van der Waals surface area contributed by atoms with E-state index < -0.39 is 5.97 Å². The number of rotatable bonds is 4. The molecule has 7 nitrogen and oxygen atoms in total. The molecule has 1 N–H and O–H groups in total. The smallest absolute Gasteiger partial charge is 0.363 e. The quantitative estimate of drug-likeness (QED) is 0.567. The molecule has 0 fully saturated rings. The van der Waals surface area contributed by atoms with Crippen LogP contribution in [0.1, 0.15) is 29.9 Å². The second kappa shape index (κ2) is 7.49. The number of aromatic nitrogens is 2. The molecule has 0 unspecified atom stereocenters. The van der Waals surface area contributed by atoms with Crippen LogP contribution < -0.4 is 15.0 Å². The Morgan fingerprint density at radius 1 is 1.19 bits per heavy atom. The van der Waals surface area contributed by atoms with Crippen molar-refractivity contribution in [2.24, 2.45) is 0 Å². The summed E-state index contributed by atoms with van der Waals surface area (Å²) in [4.78, 5) is 30.2. The molecule has 2 heterocycles. The van der Waals surface area contributed by atoms with Crippen LogP contribution in [0.25, 0.3) is 5.65 Å². The van der Waals surface area contributed by atoms with Gasteiger partial charge in [0.25, 0.3) is 0 Å². The molecule has 0 spiro atoms. The van der Waals surface area contributed by atoms with Gasteiger partial charge in [-0.3, -0.25) is 4.90 Å². The molecular formula is C20H22N4O3. The van der Waals surface area contributed by atoms with Gasteiger partial charge in [0.2, 0.25) is 0 Å². The monoisotopic (exact) mass is 366 g/mol. The Hall–Kier alpha value is -3.35. The minimum Gasteiger partial charge on any atom is -0.422 e. The van der Waals surface area contributed by atoms with Crippen molar-refractivity contribution in [2.75, 3.05) is 11.9 Å². The summed E-state index contributed by atoms with van der Waals surface area (Å²) < 4.78 is 7.16. The van der Waals surface area contributed by atoms with Crippen LogP contribution in [0.4, 0.5) is 10.5 Å². The summed E-state index contributed by atoms with van der Waals surface area (Å²) in [6.45, 7) is 5.76. The lowest BCUT2D eigenvalue weighted by Crippen LogP contribution is -2.40. The number of benzene rings is 1. The van der Waals surface area contributed by atoms with E-state index >= 15 is 0 Å². The van der Waals surface area contributed by atoms with E-state index in [9.17, 15) is 9.59 Å². The predicted octanol–water partition coefficient (Wildman–Crippen LogP) is 3.42. The van der Waals surface area contributed by atoms with Crippen molar-refractivity contribution < 1.29 is 14.3 Å². The Morgan fingerprint density at radius 3 is 2.56 bits per heavy atom. The maximum Gasteiger partial charge on any atom is 0.363 e. The van der Waals surface area contributed by atoms with Crippen molar-refractivity contribution in [3.8, 4) is 5.75 Å². The van der Waals surface area contributed by atoms with Crippen molar-refractivity contribution in [3.63, 3.8) is 0 Å². The fraction of sp³-hybridized carbons (Fsp3) is 0.250. The van der Waals surface area contributed by atoms with E-state index in [1.807, 2.05) is 39.1 Å². The number of hydrogen-bond acceptors (Lipinski definition) is 4. The topological polar surface area (TPSA) is 75.9 Å². The standard InChI is InChI=1S/C20H22N4O3/c1-13(2)21-20(26)23(4)15-5-7-16(8-6-15)27-19(25)17-12-24-10-9-14(3)11-18(24)22-17/h5-13H,1-4H3,(H,21,26). The summed E-state index contributed by atoms with van der Waals surface area (Å²) in [6.07, 6.45) is 3.48. The first kappa shape index (κ1) is 18.4. The Kier molecular flexibility index (Phi) is 5.12. The third-order valence-corrected chi connectivity index (χ3v) is 3.98. The average molecular weight is 366 g/mol. The lowest BCUT2D eigenvalue weighted by molar-refractivity contribution is 0.0729. The number of amides is 2. The number of nitrogens with zero attached hydrogens (tertiary/aromatic N) is 3. The Balaban J connectivity index is 1.70. The number of pyridine rings is 1. The van der Waals surface area contributed by atoms with E-state index in [2.05, 4.69) is 10.3 Å². The van der Waals surface area contributed by atoms with Crippen LogP contribution in [0.2, 0.25) is 0 Å². The Bertz CT molecular complexity index is 977. The number of carbonyl (C=O) groups excluding carboxylic acids is 2. The van der Waals surface area contributed by atoms with Crippen molar-refractivity contribution in [1.82, 2.24) is 14.7 Å². The van der Waals surface area contributed by atoms with Crippen molar-refractivity contribution in [1.29, 1.82) is 0 Å². The van der Waals surface area contributed by atoms with Gasteiger partial charge in [0, 0.05) is 31.2 Å². The van der Waals surface area contributed by atoms with E-state index in [0.29, 0.717) is 17.1 Å². The highest BCUT2D eigenvalue weighted by Gasteiger charge is 2.15. The van der Waals surface area contributed by atoms with Gasteiger partial charge in [-0.15, -0.1) is 0 Å². The minimum atomic E-state index is -0.532. The van der Waals surface area contributed by atoms with Crippen molar-refractivity contribution in [3.05, 3.63) is 60.0 Å². The fourth-order valence-electron chi connectivity index (χ4n) is 2.54. The molecule has 0 saturated carbocycles. The summed E-state index contributed by atoms with van der Waals surface area (Å²) in [5.41, 5.74) is 2.68. The highest BCUT2D eigenvalue weighted by atomic mass is 16.5. The van der Waals surface area contributed by atoms with Gasteiger partial charge in [-0.25, -0.2) is 14.6 Å². The Labute approximate surface area is 157 Å². The molecule has 2 aromatic heterocycles. The first-order valence-corrected chi connectivity index (χ1v) is 8.65. The van der Waals surface area contributed by atoms with Gasteiger partial charge in [0.1, 0.15) is 11.4 Å². The normalized spacial score (nSPS) is 10.9. The van der Waals surface area contributed by atoms with Gasteiger partial charge < -0.3 is 14.5 Å². The molecule has 0 saturated heterocycles. The predicted molar refractivity (Wildman–Crippen MR) is 103 cm³/mol. The number of ether oxygens (including phenoxy) is 1. The molecule has 27 heavy (non-hydrogen) atoms. The highest BCUT2D eigenvalue weighted by molar-refractivity contribution is 5.92. The number of aryl methyl sites for hydroxylation is 1. The second-order valence-corrected chi connectivity index (χ2v) is 6.64. The maximum absolute atomic E-state index is 12.3. The molecule has 1 aromatic carbocycles. The van der Waals surface area contributed by atoms with E-state index in [1.54, 1.807) is 41.9 Å². The summed E-state index contributed by atoms with van der Waals surface area (Å²) in [5, 5.41) is 2.82. The van der Waals surface area contributed by atoms with Gasteiger partial charge in [0.05, 0.1) is 0 Å². The molecule has 2 amide bonds. The lowest BCUT2D eigenvalue weighted by atomic mass is 10.3. The third kappa shape index (κ3) is 4.25. The number of nitrogens with one attached hydrogen (secondary N) is 1. The molecule has 0 radical (unpaired) electrons. The number of hydrogen-bond donors (Lipinski definition) is 1. The average Bonchev–Trinajstić information content (AvgIpc) is 3.04. The third-order valence-electron chi connectivity index (χ3n) is 3.98. The van der Waals surface area contributed by atoms with Crippen LogP contribution >= 0.6 is 0 Å². The molecule has 3 rings (SSSR count). The molecule has 0 aliphatic heterocycles. The first-order chi connectivity index (χ1) is 12.8. The first-order valence-electron chi connectivity index (χ1n) is 8.65. The number of esters is 1. The van der Waals surface area contributed by atoms with Gasteiger partial charge in [-0.1, -0.05) is 0 Å². The molecule has 7 heteroatoms. The summed E-state index contributed by atoms with van der Waals surface area (Å²) >= 11 is 0.